The van der Waals surface area contributed by atoms with E-state index in [1.807, 2.05) is 45.0 Å². The van der Waals surface area contributed by atoms with Gasteiger partial charge in [0.2, 0.25) is 0 Å². The fourth-order valence-electron chi connectivity index (χ4n) is 1.18. The topological polar surface area (TPSA) is 63.3 Å². The normalized spacial score (nSPS) is 11.2. The Morgan fingerprint density at radius 1 is 1.47 bits per heavy atom. The smallest absolute Gasteiger partial charge is 0.320 e. The van der Waals surface area contributed by atoms with E-state index >= 15 is 0 Å². The highest BCUT2D eigenvalue weighted by molar-refractivity contribution is 5.73. The molecule has 0 fully saturated rings. The number of aryl methyl sites for hydroxylation is 1. The van der Waals surface area contributed by atoms with E-state index in [1.54, 1.807) is 0 Å². The van der Waals surface area contributed by atoms with Crippen LogP contribution >= 0.6 is 0 Å². The van der Waals surface area contributed by atoms with Gasteiger partial charge in [0.1, 0.15) is 6.04 Å². The van der Waals surface area contributed by atoms with Crippen LogP contribution in [0.4, 0.5) is 0 Å². The zero-order valence-corrected chi connectivity index (χ0v) is 9.53. The third kappa shape index (κ3) is 5.18. The van der Waals surface area contributed by atoms with Crippen molar-refractivity contribution < 1.29 is 9.90 Å². The van der Waals surface area contributed by atoms with Gasteiger partial charge in [0.25, 0.3) is 0 Å². The Morgan fingerprint density at radius 2 is 2.07 bits per heavy atom. The van der Waals surface area contributed by atoms with Crippen molar-refractivity contribution in [3.63, 3.8) is 0 Å². The monoisotopic (exact) mass is 209 g/mol. The summed E-state index contributed by atoms with van der Waals surface area (Å²) >= 11 is 0. The van der Waals surface area contributed by atoms with E-state index in [1.165, 1.54) is 0 Å². The fraction of sp³-hybridized carbons (Fsp3) is 0.417. The average Bonchev–Trinajstić information content (AvgIpc) is 2.20. The second-order valence-electron chi connectivity index (χ2n) is 3.14. The van der Waals surface area contributed by atoms with Crippen LogP contribution in [0.15, 0.2) is 24.3 Å². The van der Waals surface area contributed by atoms with Crippen LogP contribution < -0.4 is 5.73 Å². The van der Waals surface area contributed by atoms with Crippen molar-refractivity contribution in [1.29, 1.82) is 0 Å². The fourth-order valence-corrected chi connectivity index (χ4v) is 1.18. The van der Waals surface area contributed by atoms with Crippen LogP contribution in [0.1, 0.15) is 25.0 Å². The summed E-state index contributed by atoms with van der Waals surface area (Å²) in [5.74, 6) is -0.957. The van der Waals surface area contributed by atoms with Gasteiger partial charge in [0.05, 0.1) is 0 Å². The first-order valence-corrected chi connectivity index (χ1v) is 5.13. The van der Waals surface area contributed by atoms with Gasteiger partial charge in [-0.2, -0.15) is 0 Å². The molecule has 0 radical (unpaired) electrons. The molecule has 15 heavy (non-hydrogen) atoms. The number of hydrogen-bond donors (Lipinski definition) is 2. The number of carbonyl (C=O) groups is 1. The number of aliphatic carboxylic acids is 1. The average molecular weight is 209 g/mol. The highest BCUT2D eigenvalue weighted by Gasteiger charge is 2.11. The zero-order chi connectivity index (χ0) is 11.8. The predicted molar refractivity (Wildman–Crippen MR) is 61.8 cm³/mol. The lowest BCUT2D eigenvalue weighted by Gasteiger charge is -2.06. The molecule has 3 N–H and O–H groups in total. The second-order valence-corrected chi connectivity index (χ2v) is 3.14. The first-order valence-electron chi connectivity index (χ1n) is 5.13. The third-order valence-electron chi connectivity index (χ3n) is 1.86. The summed E-state index contributed by atoms with van der Waals surface area (Å²) in [6, 6.07) is 6.90. The maximum atomic E-state index is 10.5. The Kier molecular flexibility index (Phi) is 6.38. The predicted octanol–water partition coefficient (Wildman–Crippen LogP) is 1.98. The Balaban J connectivity index is 0.000000921. The molecule has 0 saturated carbocycles. The van der Waals surface area contributed by atoms with Gasteiger partial charge in [-0.15, -0.1) is 0 Å². The van der Waals surface area contributed by atoms with Crippen LogP contribution in [-0.2, 0) is 11.2 Å². The van der Waals surface area contributed by atoms with E-state index < -0.39 is 12.0 Å². The molecule has 0 aliphatic heterocycles. The molecule has 1 atom stereocenters. The van der Waals surface area contributed by atoms with Gasteiger partial charge < -0.3 is 10.8 Å². The molecule has 0 bridgehead atoms. The number of benzene rings is 1. The Labute approximate surface area is 90.9 Å². The lowest BCUT2D eigenvalue weighted by atomic mass is 10.0. The highest BCUT2D eigenvalue weighted by Crippen LogP contribution is 2.05. The van der Waals surface area contributed by atoms with E-state index in [4.69, 9.17) is 10.8 Å². The summed E-state index contributed by atoms with van der Waals surface area (Å²) in [5, 5.41) is 8.59. The quantitative estimate of drug-likeness (QED) is 0.800. The van der Waals surface area contributed by atoms with Crippen molar-refractivity contribution in [1.82, 2.24) is 0 Å². The molecule has 3 heteroatoms. The van der Waals surface area contributed by atoms with Crippen LogP contribution in [0.5, 0.6) is 0 Å². The number of rotatable bonds is 3. The van der Waals surface area contributed by atoms with Gasteiger partial charge in [-0.1, -0.05) is 43.7 Å². The van der Waals surface area contributed by atoms with Gasteiger partial charge in [-0.25, -0.2) is 0 Å². The third-order valence-corrected chi connectivity index (χ3v) is 1.86. The zero-order valence-electron chi connectivity index (χ0n) is 9.53. The molecule has 0 aliphatic carbocycles. The molecule has 0 amide bonds. The molecule has 1 aromatic carbocycles. The van der Waals surface area contributed by atoms with Crippen LogP contribution in [0.2, 0.25) is 0 Å². The molecular weight excluding hydrogens is 190 g/mol. The van der Waals surface area contributed by atoms with Crippen LogP contribution in [0, 0.1) is 6.92 Å². The summed E-state index contributed by atoms with van der Waals surface area (Å²) in [4.78, 5) is 10.5. The van der Waals surface area contributed by atoms with E-state index in [0.29, 0.717) is 6.42 Å². The van der Waals surface area contributed by atoms with Gasteiger partial charge in [0, 0.05) is 0 Å². The van der Waals surface area contributed by atoms with Crippen molar-refractivity contribution in [2.24, 2.45) is 5.73 Å². The van der Waals surface area contributed by atoms with Crippen LogP contribution in [-0.4, -0.2) is 17.1 Å². The largest absolute Gasteiger partial charge is 0.480 e. The minimum atomic E-state index is -0.957. The molecule has 3 nitrogen and oxygen atoms in total. The Bertz CT molecular complexity index is 310. The molecule has 1 unspecified atom stereocenters. The van der Waals surface area contributed by atoms with Crippen LogP contribution in [0.25, 0.3) is 0 Å². The van der Waals surface area contributed by atoms with Crippen molar-refractivity contribution in [2.45, 2.75) is 33.2 Å². The Hall–Kier alpha value is -1.35. The lowest BCUT2D eigenvalue weighted by molar-refractivity contribution is -0.138. The first-order chi connectivity index (χ1) is 7.09. The van der Waals surface area contributed by atoms with Gasteiger partial charge in [0.15, 0.2) is 0 Å². The molecule has 0 saturated heterocycles. The molecule has 0 heterocycles. The van der Waals surface area contributed by atoms with Crippen molar-refractivity contribution in [2.75, 3.05) is 0 Å². The minimum Gasteiger partial charge on any atom is -0.480 e. The van der Waals surface area contributed by atoms with Crippen molar-refractivity contribution >= 4 is 5.97 Å². The summed E-state index contributed by atoms with van der Waals surface area (Å²) < 4.78 is 0. The number of carboxylic acids is 1. The molecule has 84 valence electrons. The Morgan fingerprint density at radius 3 is 2.53 bits per heavy atom. The lowest BCUT2D eigenvalue weighted by Crippen LogP contribution is -2.32. The molecular formula is C12H19NO2. The summed E-state index contributed by atoms with van der Waals surface area (Å²) in [7, 11) is 0. The van der Waals surface area contributed by atoms with E-state index in [9.17, 15) is 4.79 Å². The van der Waals surface area contributed by atoms with Crippen molar-refractivity contribution in [3.05, 3.63) is 35.4 Å². The van der Waals surface area contributed by atoms with E-state index in [2.05, 4.69) is 0 Å². The number of carboxylic acid groups (broad SMARTS) is 1. The van der Waals surface area contributed by atoms with Crippen LogP contribution in [0.3, 0.4) is 0 Å². The highest BCUT2D eigenvalue weighted by atomic mass is 16.4. The van der Waals surface area contributed by atoms with Gasteiger partial charge in [-0.05, 0) is 18.9 Å². The number of nitrogens with two attached hydrogens (primary N) is 1. The summed E-state index contributed by atoms with van der Waals surface area (Å²) in [6.45, 7) is 5.97. The minimum absolute atomic E-state index is 0.386. The van der Waals surface area contributed by atoms with Crippen molar-refractivity contribution in [3.8, 4) is 0 Å². The number of hydrogen-bond acceptors (Lipinski definition) is 2. The van der Waals surface area contributed by atoms with Gasteiger partial charge >= 0.3 is 5.97 Å². The SMILES string of the molecule is CC.Cc1cccc(CC(N)C(=O)O)c1. The molecule has 0 aromatic heterocycles. The molecule has 1 aromatic rings. The standard InChI is InChI=1S/C10H13NO2.C2H6/c1-7-3-2-4-8(5-7)6-9(11)10(12)13;1-2/h2-5,9H,6,11H2,1H3,(H,12,13);1-2H3. The first kappa shape index (κ1) is 13.7. The molecule has 0 aliphatic rings. The maximum Gasteiger partial charge on any atom is 0.320 e. The molecule has 1 rings (SSSR count). The molecule has 0 spiro atoms. The van der Waals surface area contributed by atoms with E-state index in [-0.39, 0.29) is 0 Å². The maximum absolute atomic E-state index is 10.5. The summed E-state index contributed by atoms with van der Waals surface area (Å²) in [5.41, 5.74) is 7.49. The van der Waals surface area contributed by atoms with E-state index in [0.717, 1.165) is 11.1 Å². The second kappa shape index (κ2) is 7.01. The van der Waals surface area contributed by atoms with Gasteiger partial charge in [-0.3, -0.25) is 4.79 Å². The summed E-state index contributed by atoms with van der Waals surface area (Å²) in [6.07, 6.45) is 0.386.